The summed E-state index contributed by atoms with van der Waals surface area (Å²) in [5.41, 5.74) is 1.38. The molecule has 0 aromatic carbocycles. The molecule has 0 aliphatic heterocycles. The molecule has 0 aliphatic carbocycles. The quantitative estimate of drug-likeness (QED) is 0.660. The average Bonchev–Trinajstić information content (AvgIpc) is 2.96. The zero-order valence-electron chi connectivity index (χ0n) is 14.1. The highest BCUT2D eigenvalue weighted by atomic mass is 16.1. The highest BCUT2D eigenvalue weighted by Gasteiger charge is 2.09. The fourth-order valence-electron chi connectivity index (χ4n) is 2.44. The number of rotatable bonds is 9. The standard InChI is InChI=1S/C16H26N6O/c1-11(2)5-4-6-12(3)22-13(23)7-8-17-15-14-16(19-9-18-14)21-10-20-15/h9-12H,4-8H2,1-3H3,(H,22,23)(H2,17,18,19,20,21)/t12-/m0/s1. The van der Waals surface area contributed by atoms with Crippen LogP contribution in [-0.2, 0) is 4.79 Å². The highest BCUT2D eigenvalue weighted by molar-refractivity contribution is 5.82. The molecule has 23 heavy (non-hydrogen) atoms. The van der Waals surface area contributed by atoms with Crippen molar-refractivity contribution in [1.82, 2.24) is 25.3 Å². The summed E-state index contributed by atoms with van der Waals surface area (Å²) in [4.78, 5) is 27.2. The van der Waals surface area contributed by atoms with E-state index in [1.165, 1.54) is 12.7 Å². The van der Waals surface area contributed by atoms with Crippen molar-refractivity contribution in [3.8, 4) is 0 Å². The van der Waals surface area contributed by atoms with Gasteiger partial charge in [-0.1, -0.05) is 26.7 Å². The van der Waals surface area contributed by atoms with E-state index in [4.69, 9.17) is 0 Å². The third kappa shape index (κ3) is 5.50. The summed E-state index contributed by atoms with van der Waals surface area (Å²) < 4.78 is 0. The maximum atomic E-state index is 12.0. The van der Waals surface area contributed by atoms with E-state index in [0.717, 1.165) is 18.4 Å². The number of nitrogens with one attached hydrogen (secondary N) is 3. The Morgan fingerprint density at radius 1 is 1.22 bits per heavy atom. The summed E-state index contributed by atoms with van der Waals surface area (Å²) in [7, 11) is 0. The van der Waals surface area contributed by atoms with Crippen LogP contribution in [0, 0.1) is 5.92 Å². The predicted octanol–water partition coefficient (Wildman–Crippen LogP) is 2.49. The van der Waals surface area contributed by atoms with E-state index in [1.54, 1.807) is 6.33 Å². The van der Waals surface area contributed by atoms with Gasteiger partial charge in [0.25, 0.3) is 0 Å². The van der Waals surface area contributed by atoms with E-state index in [9.17, 15) is 4.79 Å². The van der Waals surface area contributed by atoms with Crippen LogP contribution in [-0.4, -0.2) is 38.4 Å². The van der Waals surface area contributed by atoms with Gasteiger partial charge in [0.1, 0.15) is 11.8 Å². The lowest BCUT2D eigenvalue weighted by Crippen LogP contribution is -2.33. The molecule has 2 aromatic heterocycles. The Morgan fingerprint density at radius 3 is 2.83 bits per heavy atom. The molecule has 0 aliphatic rings. The molecule has 7 nitrogen and oxygen atoms in total. The van der Waals surface area contributed by atoms with Crippen molar-refractivity contribution in [3.63, 3.8) is 0 Å². The number of amides is 1. The van der Waals surface area contributed by atoms with E-state index in [-0.39, 0.29) is 11.9 Å². The number of anilines is 1. The molecule has 0 spiro atoms. The maximum absolute atomic E-state index is 12.0. The fraction of sp³-hybridized carbons (Fsp3) is 0.625. The molecule has 0 bridgehead atoms. The van der Waals surface area contributed by atoms with Crippen molar-refractivity contribution in [2.24, 2.45) is 5.92 Å². The number of aromatic nitrogens is 4. The van der Waals surface area contributed by atoms with Crippen LogP contribution in [0.4, 0.5) is 5.82 Å². The monoisotopic (exact) mass is 318 g/mol. The molecule has 2 rings (SSSR count). The normalized spacial score (nSPS) is 12.5. The van der Waals surface area contributed by atoms with E-state index in [0.29, 0.717) is 30.3 Å². The van der Waals surface area contributed by atoms with E-state index in [2.05, 4.69) is 51.3 Å². The Bertz CT molecular complexity index is 624. The topological polar surface area (TPSA) is 95.6 Å². The van der Waals surface area contributed by atoms with Crippen LogP contribution in [0.5, 0.6) is 0 Å². The summed E-state index contributed by atoms with van der Waals surface area (Å²) in [5, 5.41) is 6.19. The Balaban J connectivity index is 1.69. The number of hydrogen-bond donors (Lipinski definition) is 3. The minimum Gasteiger partial charge on any atom is -0.368 e. The third-order valence-electron chi connectivity index (χ3n) is 3.69. The molecule has 0 radical (unpaired) electrons. The van der Waals surface area contributed by atoms with Gasteiger partial charge in [-0.3, -0.25) is 4.79 Å². The zero-order chi connectivity index (χ0) is 16.7. The highest BCUT2D eigenvalue weighted by Crippen LogP contribution is 2.14. The van der Waals surface area contributed by atoms with Gasteiger partial charge in [0, 0.05) is 19.0 Å². The first-order valence-electron chi connectivity index (χ1n) is 8.23. The van der Waals surface area contributed by atoms with Crippen molar-refractivity contribution >= 4 is 22.9 Å². The molecule has 0 unspecified atom stereocenters. The Morgan fingerprint density at radius 2 is 2.04 bits per heavy atom. The molecule has 0 saturated heterocycles. The first-order valence-corrected chi connectivity index (χ1v) is 8.23. The van der Waals surface area contributed by atoms with E-state index in [1.807, 2.05) is 0 Å². The van der Waals surface area contributed by atoms with Crippen molar-refractivity contribution in [1.29, 1.82) is 0 Å². The Labute approximate surface area is 136 Å². The van der Waals surface area contributed by atoms with Crippen molar-refractivity contribution in [2.45, 2.75) is 52.5 Å². The molecule has 126 valence electrons. The molecule has 0 fully saturated rings. The number of aromatic amines is 1. The molecular formula is C16H26N6O. The number of carbonyl (C=O) groups excluding carboxylic acids is 1. The largest absolute Gasteiger partial charge is 0.368 e. The summed E-state index contributed by atoms with van der Waals surface area (Å²) in [6.07, 6.45) is 6.83. The van der Waals surface area contributed by atoms with Gasteiger partial charge in [-0.25, -0.2) is 15.0 Å². The SMILES string of the molecule is CC(C)CCC[C@H](C)NC(=O)CCNc1ncnc2nc[nH]c12. The Kier molecular flexibility index (Phi) is 6.31. The van der Waals surface area contributed by atoms with Crippen LogP contribution in [0.15, 0.2) is 12.7 Å². The van der Waals surface area contributed by atoms with Crippen LogP contribution in [0.25, 0.3) is 11.2 Å². The van der Waals surface area contributed by atoms with Crippen molar-refractivity contribution < 1.29 is 4.79 Å². The molecule has 7 heteroatoms. The summed E-state index contributed by atoms with van der Waals surface area (Å²) in [6, 6.07) is 0.222. The van der Waals surface area contributed by atoms with E-state index < -0.39 is 0 Å². The van der Waals surface area contributed by atoms with Crippen LogP contribution >= 0.6 is 0 Å². The zero-order valence-corrected chi connectivity index (χ0v) is 14.1. The summed E-state index contributed by atoms with van der Waals surface area (Å²) in [5.74, 6) is 1.45. The van der Waals surface area contributed by atoms with Crippen LogP contribution < -0.4 is 10.6 Å². The first-order chi connectivity index (χ1) is 11.1. The molecule has 1 atom stereocenters. The number of imidazole rings is 1. The molecule has 1 amide bonds. The molecule has 2 heterocycles. The van der Waals surface area contributed by atoms with Gasteiger partial charge in [-0.15, -0.1) is 0 Å². The van der Waals surface area contributed by atoms with Crippen LogP contribution in [0.1, 0.15) is 46.5 Å². The van der Waals surface area contributed by atoms with E-state index >= 15 is 0 Å². The lowest BCUT2D eigenvalue weighted by Gasteiger charge is -2.14. The van der Waals surface area contributed by atoms with Gasteiger partial charge in [-0.05, 0) is 19.3 Å². The van der Waals surface area contributed by atoms with Gasteiger partial charge in [0.15, 0.2) is 11.5 Å². The second kappa shape index (κ2) is 8.45. The fourth-order valence-corrected chi connectivity index (χ4v) is 2.44. The van der Waals surface area contributed by atoms with Gasteiger partial charge in [0.2, 0.25) is 5.91 Å². The van der Waals surface area contributed by atoms with Crippen molar-refractivity contribution in [2.75, 3.05) is 11.9 Å². The predicted molar refractivity (Wildman–Crippen MR) is 91.1 cm³/mol. The minimum atomic E-state index is 0.0597. The van der Waals surface area contributed by atoms with Gasteiger partial charge in [0.05, 0.1) is 6.33 Å². The molecule has 0 saturated carbocycles. The van der Waals surface area contributed by atoms with Gasteiger partial charge >= 0.3 is 0 Å². The number of nitrogens with zero attached hydrogens (tertiary/aromatic N) is 3. The second-order valence-corrected chi connectivity index (χ2v) is 6.29. The number of hydrogen-bond acceptors (Lipinski definition) is 5. The number of carbonyl (C=O) groups is 1. The minimum absolute atomic E-state index is 0.0597. The average molecular weight is 318 g/mol. The smallest absolute Gasteiger partial charge is 0.221 e. The lowest BCUT2D eigenvalue weighted by atomic mass is 10.0. The summed E-state index contributed by atoms with van der Waals surface area (Å²) in [6.45, 7) is 7.03. The van der Waals surface area contributed by atoms with Gasteiger partial charge < -0.3 is 15.6 Å². The molecular weight excluding hydrogens is 292 g/mol. The summed E-state index contributed by atoms with van der Waals surface area (Å²) >= 11 is 0. The van der Waals surface area contributed by atoms with Crippen LogP contribution in [0.2, 0.25) is 0 Å². The van der Waals surface area contributed by atoms with Gasteiger partial charge in [-0.2, -0.15) is 0 Å². The number of H-pyrrole nitrogens is 1. The Hall–Kier alpha value is -2.18. The van der Waals surface area contributed by atoms with Crippen molar-refractivity contribution in [3.05, 3.63) is 12.7 Å². The van der Waals surface area contributed by atoms with Crippen LogP contribution in [0.3, 0.4) is 0 Å². The lowest BCUT2D eigenvalue weighted by molar-refractivity contribution is -0.121. The molecule has 2 aromatic rings. The third-order valence-corrected chi connectivity index (χ3v) is 3.69. The molecule has 3 N–H and O–H groups in total. The second-order valence-electron chi connectivity index (χ2n) is 6.29. The first kappa shape index (κ1) is 17.2. The number of fused-ring (bicyclic) bond motifs is 1. The maximum Gasteiger partial charge on any atom is 0.221 e.